The van der Waals surface area contributed by atoms with Gasteiger partial charge in [0.1, 0.15) is 5.69 Å². The van der Waals surface area contributed by atoms with Crippen molar-refractivity contribution in [2.75, 3.05) is 41.4 Å². The first-order valence-electron chi connectivity index (χ1n) is 9.19. The van der Waals surface area contributed by atoms with Gasteiger partial charge in [-0.1, -0.05) is 6.92 Å². The molecule has 0 heterocycles. The molecule has 0 bridgehead atoms. The molecule has 30 heavy (non-hydrogen) atoms. The molecule has 0 aliphatic carbocycles. The van der Waals surface area contributed by atoms with Gasteiger partial charge in [-0.25, -0.2) is 8.42 Å². The molecular weight excluding hydrogens is 412 g/mol. The maximum atomic E-state index is 12.5. The number of nitro groups is 1. The second-order valence-electron chi connectivity index (χ2n) is 6.36. The van der Waals surface area contributed by atoms with Crippen LogP contribution < -0.4 is 15.4 Å². The van der Waals surface area contributed by atoms with Crippen molar-refractivity contribution in [3.8, 4) is 0 Å². The fraction of sp³-hybridized carbons (Fsp3) is 0.316. The maximum Gasteiger partial charge on any atom is 0.293 e. The number of rotatable bonds is 11. The van der Waals surface area contributed by atoms with Crippen LogP contribution in [0.4, 0.5) is 22.7 Å². The summed E-state index contributed by atoms with van der Waals surface area (Å²) in [7, 11) is -1.88. The lowest BCUT2D eigenvalue weighted by atomic mass is 10.1. The molecule has 0 radical (unpaired) electrons. The SMILES string of the molecule is CCCS(=O)(=O)Nc1ccc(NC(=O)c2ccc(NCCOC)c([N+](=O)[O-])c2)cc1. The molecule has 0 fully saturated rings. The average molecular weight is 436 g/mol. The van der Waals surface area contributed by atoms with Gasteiger partial charge < -0.3 is 15.4 Å². The number of nitrogens with zero attached hydrogens (tertiary/aromatic N) is 1. The van der Waals surface area contributed by atoms with Crippen molar-refractivity contribution in [2.45, 2.75) is 13.3 Å². The maximum absolute atomic E-state index is 12.5. The normalized spacial score (nSPS) is 11.0. The summed E-state index contributed by atoms with van der Waals surface area (Å²) in [5.74, 6) is -0.513. The van der Waals surface area contributed by atoms with E-state index in [4.69, 9.17) is 4.74 Å². The van der Waals surface area contributed by atoms with Crippen LogP contribution in [-0.2, 0) is 14.8 Å². The van der Waals surface area contributed by atoms with Crippen molar-refractivity contribution in [3.05, 3.63) is 58.1 Å². The molecule has 2 rings (SSSR count). The molecule has 11 heteroatoms. The van der Waals surface area contributed by atoms with Crippen molar-refractivity contribution < 1.29 is 22.9 Å². The Morgan fingerprint density at radius 3 is 2.40 bits per heavy atom. The number of amides is 1. The topological polar surface area (TPSA) is 140 Å². The molecule has 0 aliphatic rings. The largest absolute Gasteiger partial charge is 0.383 e. The van der Waals surface area contributed by atoms with E-state index in [1.807, 2.05) is 0 Å². The lowest BCUT2D eigenvalue weighted by molar-refractivity contribution is -0.384. The summed E-state index contributed by atoms with van der Waals surface area (Å²) < 4.78 is 30.9. The zero-order valence-corrected chi connectivity index (χ0v) is 17.5. The molecule has 0 saturated heterocycles. The molecule has 0 aliphatic heterocycles. The molecule has 0 spiro atoms. The highest BCUT2D eigenvalue weighted by Gasteiger charge is 2.18. The van der Waals surface area contributed by atoms with E-state index < -0.39 is 20.9 Å². The third-order valence-electron chi connectivity index (χ3n) is 3.97. The van der Waals surface area contributed by atoms with Gasteiger partial charge in [-0.3, -0.25) is 19.6 Å². The summed E-state index contributed by atoms with van der Waals surface area (Å²) in [6.45, 7) is 2.53. The Kier molecular flexibility index (Phi) is 8.13. The second-order valence-corrected chi connectivity index (χ2v) is 8.20. The zero-order chi connectivity index (χ0) is 22.1. The predicted octanol–water partition coefficient (Wildman–Crippen LogP) is 3.06. The first-order chi connectivity index (χ1) is 14.3. The second kappa shape index (κ2) is 10.6. The number of carbonyl (C=O) groups excluding carboxylic acids is 1. The van der Waals surface area contributed by atoms with Crippen molar-refractivity contribution in [1.82, 2.24) is 0 Å². The van der Waals surface area contributed by atoms with Crippen LogP contribution in [0, 0.1) is 10.1 Å². The molecule has 0 unspecified atom stereocenters. The third kappa shape index (κ3) is 6.71. The van der Waals surface area contributed by atoms with Crippen LogP contribution in [-0.4, -0.2) is 45.3 Å². The number of anilines is 3. The van der Waals surface area contributed by atoms with Gasteiger partial charge in [0.15, 0.2) is 0 Å². The van der Waals surface area contributed by atoms with Crippen LogP contribution in [0.15, 0.2) is 42.5 Å². The monoisotopic (exact) mass is 436 g/mol. The molecule has 0 saturated carbocycles. The minimum Gasteiger partial charge on any atom is -0.383 e. The van der Waals surface area contributed by atoms with Crippen molar-refractivity contribution in [1.29, 1.82) is 0 Å². The molecule has 1 amide bonds. The molecule has 162 valence electrons. The van der Waals surface area contributed by atoms with Crippen molar-refractivity contribution in [3.63, 3.8) is 0 Å². The standard InChI is InChI=1S/C19H24N4O6S/c1-3-12-30(27,28)22-16-7-5-15(6-8-16)21-19(24)14-4-9-17(20-10-11-29-2)18(13-14)23(25)26/h4-9,13,20,22H,3,10-12H2,1-2H3,(H,21,24). The van der Waals surface area contributed by atoms with Crippen LogP contribution in [0.1, 0.15) is 23.7 Å². The Bertz CT molecular complexity index is 993. The Morgan fingerprint density at radius 1 is 1.13 bits per heavy atom. The lowest BCUT2D eigenvalue weighted by Gasteiger charge is -2.10. The molecular formula is C19H24N4O6S. The molecule has 3 N–H and O–H groups in total. The van der Waals surface area contributed by atoms with Gasteiger partial charge >= 0.3 is 0 Å². The summed E-state index contributed by atoms with van der Waals surface area (Å²) in [6.07, 6.45) is 0.496. The fourth-order valence-electron chi connectivity index (χ4n) is 2.59. The van der Waals surface area contributed by atoms with E-state index in [9.17, 15) is 23.3 Å². The van der Waals surface area contributed by atoms with Crippen LogP contribution in [0.5, 0.6) is 0 Å². The van der Waals surface area contributed by atoms with Gasteiger partial charge in [-0.05, 0) is 42.8 Å². The van der Waals surface area contributed by atoms with Crippen LogP contribution in [0.2, 0.25) is 0 Å². The molecule has 0 aromatic heterocycles. The number of nitro benzene ring substituents is 1. The highest BCUT2D eigenvalue weighted by molar-refractivity contribution is 7.92. The molecule has 0 atom stereocenters. The number of carbonyl (C=O) groups is 1. The minimum atomic E-state index is -3.40. The Labute approximate surface area is 174 Å². The van der Waals surface area contributed by atoms with Crippen molar-refractivity contribution in [2.24, 2.45) is 0 Å². The Hall–Kier alpha value is -3.18. The van der Waals surface area contributed by atoms with Gasteiger partial charge in [-0.2, -0.15) is 0 Å². The summed E-state index contributed by atoms with van der Waals surface area (Å²) in [5, 5.41) is 16.9. The van der Waals surface area contributed by atoms with E-state index in [1.54, 1.807) is 6.92 Å². The number of sulfonamides is 1. The predicted molar refractivity (Wildman–Crippen MR) is 116 cm³/mol. The van der Waals surface area contributed by atoms with E-state index in [2.05, 4.69) is 15.4 Å². The molecule has 10 nitrogen and oxygen atoms in total. The first kappa shape index (κ1) is 23.1. The molecule has 2 aromatic rings. The van der Waals surface area contributed by atoms with E-state index in [1.165, 1.54) is 49.6 Å². The first-order valence-corrected chi connectivity index (χ1v) is 10.8. The van der Waals surface area contributed by atoms with Gasteiger partial charge in [0, 0.05) is 36.7 Å². The van der Waals surface area contributed by atoms with Crippen LogP contribution in [0.3, 0.4) is 0 Å². The zero-order valence-electron chi connectivity index (χ0n) is 16.7. The number of hydrogen-bond acceptors (Lipinski definition) is 7. The highest BCUT2D eigenvalue weighted by atomic mass is 32.2. The number of hydrogen-bond donors (Lipinski definition) is 3. The molecule has 2 aromatic carbocycles. The van der Waals surface area contributed by atoms with Gasteiger partial charge in [0.2, 0.25) is 10.0 Å². The van der Waals surface area contributed by atoms with E-state index in [0.717, 1.165) is 0 Å². The number of ether oxygens (including phenoxy) is 1. The highest BCUT2D eigenvalue weighted by Crippen LogP contribution is 2.26. The van der Waals surface area contributed by atoms with Crippen LogP contribution in [0.25, 0.3) is 0 Å². The Morgan fingerprint density at radius 2 is 1.80 bits per heavy atom. The average Bonchev–Trinajstić information content (AvgIpc) is 2.69. The van der Waals surface area contributed by atoms with E-state index in [0.29, 0.717) is 30.9 Å². The number of benzene rings is 2. The Balaban J connectivity index is 2.10. The summed E-state index contributed by atoms with van der Waals surface area (Å²) in [4.78, 5) is 23.2. The fourth-order valence-corrected chi connectivity index (χ4v) is 3.72. The summed E-state index contributed by atoms with van der Waals surface area (Å²) in [6, 6.07) is 10.3. The van der Waals surface area contributed by atoms with Gasteiger partial charge in [0.05, 0.1) is 17.3 Å². The van der Waals surface area contributed by atoms with Gasteiger partial charge in [-0.15, -0.1) is 0 Å². The van der Waals surface area contributed by atoms with Crippen molar-refractivity contribution >= 4 is 38.7 Å². The van der Waals surface area contributed by atoms with E-state index >= 15 is 0 Å². The lowest BCUT2D eigenvalue weighted by Crippen LogP contribution is -2.16. The number of nitrogens with one attached hydrogen (secondary N) is 3. The summed E-state index contributed by atoms with van der Waals surface area (Å²) >= 11 is 0. The van der Waals surface area contributed by atoms with Gasteiger partial charge in [0.25, 0.3) is 11.6 Å². The van der Waals surface area contributed by atoms with E-state index in [-0.39, 0.29) is 22.7 Å². The summed E-state index contributed by atoms with van der Waals surface area (Å²) in [5.41, 5.74) is 0.982. The smallest absolute Gasteiger partial charge is 0.293 e. The quantitative estimate of drug-likeness (QED) is 0.279. The minimum absolute atomic E-state index is 0.0145. The third-order valence-corrected chi connectivity index (χ3v) is 5.46. The number of methoxy groups -OCH3 is 1. The van der Waals surface area contributed by atoms with Crippen LogP contribution >= 0.6 is 0 Å².